The predicted molar refractivity (Wildman–Crippen MR) is 63.8 cm³/mol. The molecule has 0 aromatic carbocycles. The Balaban J connectivity index is 2.34. The second-order valence-electron chi connectivity index (χ2n) is 4.39. The topological polar surface area (TPSA) is 47.0 Å². The predicted octanol–water partition coefficient (Wildman–Crippen LogP) is 2.38. The number of hydrogen-bond donors (Lipinski definition) is 1. The molecule has 0 aliphatic carbocycles. The fourth-order valence-corrected chi connectivity index (χ4v) is 2.35. The van der Waals surface area contributed by atoms with Crippen molar-refractivity contribution in [1.82, 2.24) is 9.55 Å². The highest BCUT2D eigenvalue weighted by Gasteiger charge is 2.32. The van der Waals surface area contributed by atoms with Gasteiger partial charge >= 0.3 is 5.69 Å². The number of H-pyrrole nitrogens is 1. The van der Waals surface area contributed by atoms with E-state index in [0.717, 1.165) is 12.6 Å². The fourth-order valence-electron chi connectivity index (χ4n) is 2.21. The van der Waals surface area contributed by atoms with Crippen LogP contribution in [-0.4, -0.2) is 15.7 Å². The van der Waals surface area contributed by atoms with E-state index in [1.54, 1.807) is 0 Å². The van der Waals surface area contributed by atoms with E-state index >= 15 is 0 Å². The first kappa shape index (κ1) is 12.4. The Morgan fingerprint density at radius 3 is 3.00 bits per heavy atom. The van der Waals surface area contributed by atoms with E-state index in [-0.39, 0.29) is 10.7 Å². The van der Waals surface area contributed by atoms with Gasteiger partial charge in [0.05, 0.1) is 12.3 Å². The molecule has 0 bridgehead atoms. The maximum atomic E-state index is 13.3. The summed E-state index contributed by atoms with van der Waals surface area (Å²) in [5.74, 6) is -0.237. The van der Waals surface area contributed by atoms with E-state index in [1.165, 1.54) is 4.57 Å². The van der Waals surface area contributed by atoms with Gasteiger partial charge in [-0.05, 0) is 18.8 Å². The minimum absolute atomic E-state index is 0.123. The Hall–Kier alpha value is -1.01. The molecular formula is C11H15FN2O2S. The Morgan fingerprint density at radius 1 is 1.71 bits per heavy atom. The van der Waals surface area contributed by atoms with Crippen LogP contribution in [0.4, 0.5) is 4.39 Å². The third-order valence-corrected chi connectivity index (χ3v) is 3.47. The highest BCUT2D eigenvalue weighted by atomic mass is 32.1. The maximum Gasteiger partial charge on any atom is 0.328 e. The molecule has 94 valence electrons. The van der Waals surface area contributed by atoms with Crippen LogP contribution in [0.2, 0.25) is 0 Å². The largest absolute Gasteiger partial charge is 0.354 e. The molecule has 2 rings (SSSR count). The van der Waals surface area contributed by atoms with E-state index in [9.17, 15) is 9.18 Å². The number of halogens is 1. The third-order valence-electron chi connectivity index (χ3n) is 3.18. The maximum absolute atomic E-state index is 13.3. The summed E-state index contributed by atoms with van der Waals surface area (Å²) in [6, 6.07) is 0. The second-order valence-corrected chi connectivity index (χ2v) is 4.80. The van der Waals surface area contributed by atoms with Crippen molar-refractivity contribution in [2.75, 3.05) is 0 Å². The zero-order chi connectivity index (χ0) is 12.6. The van der Waals surface area contributed by atoms with Crippen LogP contribution >= 0.6 is 12.2 Å². The minimum Gasteiger partial charge on any atom is -0.354 e. The summed E-state index contributed by atoms with van der Waals surface area (Å²) in [5, 5.41) is 0. The molecule has 4 nitrogen and oxygen atoms in total. The lowest BCUT2D eigenvalue weighted by Gasteiger charge is -2.15. The number of nitrogens with zero attached hydrogens (tertiary/aromatic N) is 1. The standard InChI is InChI=1S/C11H15FN2O2S/c1-3-8-6(2)4-9(16-8)14-5-7(12)10(17)13-11(14)15/h5-6,8-9H,3-4H2,1-2H3,(H,13,15,17)/t6?,8-,9-/m1/s1. The number of rotatable bonds is 2. The van der Waals surface area contributed by atoms with Crippen LogP contribution in [0.5, 0.6) is 0 Å². The highest BCUT2D eigenvalue weighted by molar-refractivity contribution is 7.71. The number of aromatic amines is 1. The first-order valence-corrected chi connectivity index (χ1v) is 6.10. The quantitative estimate of drug-likeness (QED) is 0.828. The van der Waals surface area contributed by atoms with Crippen molar-refractivity contribution >= 4 is 12.2 Å². The zero-order valence-corrected chi connectivity index (χ0v) is 10.6. The van der Waals surface area contributed by atoms with Gasteiger partial charge in [-0.15, -0.1) is 0 Å². The van der Waals surface area contributed by atoms with Crippen LogP contribution in [0.3, 0.4) is 0 Å². The molecule has 1 aliphatic rings. The molecule has 1 aromatic rings. The summed E-state index contributed by atoms with van der Waals surface area (Å²) in [7, 11) is 0. The number of hydrogen-bond acceptors (Lipinski definition) is 3. The molecule has 1 aliphatic heterocycles. The molecule has 1 aromatic heterocycles. The number of nitrogens with one attached hydrogen (secondary N) is 1. The van der Waals surface area contributed by atoms with Crippen LogP contribution < -0.4 is 5.69 Å². The fraction of sp³-hybridized carbons (Fsp3) is 0.636. The Bertz CT molecular complexity index is 525. The first-order chi connectivity index (χ1) is 8.02. The van der Waals surface area contributed by atoms with E-state index < -0.39 is 17.7 Å². The molecule has 0 saturated carbocycles. The van der Waals surface area contributed by atoms with Crippen molar-refractivity contribution < 1.29 is 9.13 Å². The molecule has 6 heteroatoms. The van der Waals surface area contributed by atoms with Crippen molar-refractivity contribution in [3.05, 3.63) is 27.1 Å². The van der Waals surface area contributed by atoms with Crippen molar-refractivity contribution in [3.63, 3.8) is 0 Å². The highest BCUT2D eigenvalue weighted by Crippen LogP contribution is 2.33. The van der Waals surface area contributed by atoms with Gasteiger partial charge in [0.15, 0.2) is 5.82 Å². The summed E-state index contributed by atoms with van der Waals surface area (Å²) >= 11 is 4.66. The van der Waals surface area contributed by atoms with Crippen LogP contribution in [-0.2, 0) is 4.74 Å². The van der Waals surface area contributed by atoms with Gasteiger partial charge in [0.25, 0.3) is 0 Å². The van der Waals surface area contributed by atoms with Crippen LogP contribution in [0.15, 0.2) is 11.0 Å². The lowest BCUT2D eigenvalue weighted by Crippen LogP contribution is -2.27. The van der Waals surface area contributed by atoms with Crippen molar-refractivity contribution in [3.8, 4) is 0 Å². The Morgan fingerprint density at radius 2 is 2.41 bits per heavy atom. The summed E-state index contributed by atoms with van der Waals surface area (Å²) in [6.07, 6.45) is 2.44. The van der Waals surface area contributed by atoms with Gasteiger partial charge in [-0.3, -0.25) is 9.55 Å². The van der Waals surface area contributed by atoms with Crippen LogP contribution in [0.25, 0.3) is 0 Å². The van der Waals surface area contributed by atoms with Gasteiger partial charge in [0.1, 0.15) is 10.9 Å². The van der Waals surface area contributed by atoms with Crippen LogP contribution in [0, 0.1) is 16.4 Å². The molecule has 2 heterocycles. The summed E-state index contributed by atoms with van der Waals surface area (Å²) < 4.78 is 20.1. The summed E-state index contributed by atoms with van der Waals surface area (Å²) in [5.41, 5.74) is -0.426. The molecule has 0 spiro atoms. The molecule has 1 unspecified atom stereocenters. The monoisotopic (exact) mass is 258 g/mol. The molecule has 1 fully saturated rings. The molecular weight excluding hydrogens is 243 g/mol. The molecule has 3 atom stereocenters. The average molecular weight is 258 g/mol. The molecule has 0 radical (unpaired) electrons. The van der Waals surface area contributed by atoms with Crippen molar-refractivity contribution in [1.29, 1.82) is 0 Å². The van der Waals surface area contributed by atoms with Gasteiger partial charge < -0.3 is 4.74 Å². The van der Waals surface area contributed by atoms with Gasteiger partial charge in [0.2, 0.25) is 0 Å². The molecule has 1 saturated heterocycles. The SMILES string of the molecule is CC[C@H]1O[C@@H](n2cc(F)c(=S)[nH]c2=O)CC1C. The minimum atomic E-state index is -0.601. The number of ether oxygens (including phenoxy) is 1. The van der Waals surface area contributed by atoms with Crippen molar-refractivity contribution in [2.45, 2.75) is 39.0 Å². The van der Waals surface area contributed by atoms with E-state index in [2.05, 4.69) is 24.1 Å². The Kier molecular flexibility index (Phi) is 3.44. The lowest BCUT2D eigenvalue weighted by atomic mass is 10.0. The lowest BCUT2D eigenvalue weighted by molar-refractivity contribution is -0.00807. The third kappa shape index (κ3) is 2.32. The van der Waals surface area contributed by atoms with Gasteiger partial charge in [-0.2, -0.15) is 0 Å². The zero-order valence-electron chi connectivity index (χ0n) is 9.77. The van der Waals surface area contributed by atoms with E-state index in [0.29, 0.717) is 12.3 Å². The normalized spacial score (nSPS) is 28.5. The van der Waals surface area contributed by atoms with E-state index in [1.807, 2.05) is 6.92 Å². The molecule has 17 heavy (non-hydrogen) atoms. The second kappa shape index (κ2) is 4.70. The molecule has 1 N–H and O–H groups in total. The Labute approximate surface area is 103 Å². The summed E-state index contributed by atoms with van der Waals surface area (Å²) in [4.78, 5) is 14.0. The first-order valence-electron chi connectivity index (χ1n) is 5.69. The number of aromatic nitrogens is 2. The average Bonchev–Trinajstić information content (AvgIpc) is 2.65. The van der Waals surface area contributed by atoms with Gasteiger partial charge in [0, 0.05) is 0 Å². The van der Waals surface area contributed by atoms with E-state index in [4.69, 9.17) is 4.74 Å². The van der Waals surface area contributed by atoms with Crippen molar-refractivity contribution in [2.24, 2.45) is 5.92 Å². The van der Waals surface area contributed by atoms with Crippen LogP contribution in [0.1, 0.15) is 32.9 Å². The van der Waals surface area contributed by atoms with Gasteiger partial charge in [-0.25, -0.2) is 9.18 Å². The smallest absolute Gasteiger partial charge is 0.328 e. The molecule has 0 amide bonds. The summed E-state index contributed by atoms with van der Waals surface area (Å²) in [6.45, 7) is 4.10. The van der Waals surface area contributed by atoms with Gasteiger partial charge in [-0.1, -0.05) is 26.1 Å².